The van der Waals surface area contributed by atoms with E-state index >= 15 is 0 Å². The average Bonchev–Trinajstić information content (AvgIpc) is 2.88. The van der Waals surface area contributed by atoms with Crippen LogP contribution in [-0.2, 0) is 6.42 Å². The normalized spacial score (nSPS) is 15.2. The topological polar surface area (TPSA) is 178 Å². The summed E-state index contributed by atoms with van der Waals surface area (Å²) in [5.74, 6) is -1.11. The van der Waals surface area contributed by atoms with Crippen LogP contribution >= 0.6 is 11.6 Å². The SMILES string of the molecule is CCCNC(=O)N1CCC(CCc2cc#ccc2)(CN/C(N)=N/C(=O)c2nc(Cl)c(N)nc2N)CC1. The first-order chi connectivity index (χ1) is 17.2. The number of aliphatic imine (C=N–C) groups is 1. The van der Waals surface area contributed by atoms with Crippen LogP contribution in [0.1, 0.15) is 48.7 Å². The molecule has 0 spiro atoms. The Morgan fingerprint density at radius 2 is 1.94 bits per heavy atom. The molecule has 0 aliphatic carbocycles. The van der Waals surface area contributed by atoms with Gasteiger partial charge in [-0.15, -0.1) is 0 Å². The van der Waals surface area contributed by atoms with E-state index in [1.165, 1.54) is 0 Å². The number of carbonyl (C=O) groups is 2. The van der Waals surface area contributed by atoms with Gasteiger partial charge in [0.2, 0.25) is 0 Å². The number of hydrogen-bond acceptors (Lipinski definition) is 6. The van der Waals surface area contributed by atoms with Gasteiger partial charge in [0.15, 0.2) is 28.4 Å². The number of hydrogen-bond donors (Lipinski definition) is 5. The number of carbonyl (C=O) groups excluding carboxylic acids is 2. The zero-order chi connectivity index (χ0) is 26.1. The molecule has 1 aliphatic rings. The lowest BCUT2D eigenvalue weighted by atomic mass is 9.74. The highest BCUT2D eigenvalue weighted by Gasteiger charge is 2.35. The Morgan fingerprint density at radius 3 is 2.61 bits per heavy atom. The van der Waals surface area contributed by atoms with Gasteiger partial charge in [-0.2, -0.15) is 4.99 Å². The van der Waals surface area contributed by atoms with E-state index in [9.17, 15) is 9.59 Å². The number of rotatable bonds is 8. The smallest absolute Gasteiger partial charge is 0.317 e. The highest BCUT2D eigenvalue weighted by atomic mass is 35.5. The number of likely N-dealkylation sites (tertiary alicyclic amines) is 1. The highest BCUT2D eigenvalue weighted by Crippen LogP contribution is 2.35. The van der Waals surface area contributed by atoms with Crippen molar-refractivity contribution in [1.82, 2.24) is 25.5 Å². The van der Waals surface area contributed by atoms with Crippen molar-refractivity contribution in [3.05, 3.63) is 46.7 Å². The Morgan fingerprint density at radius 1 is 1.19 bits per heavy atom. The molecule has 0 saturated carbocycles. The first-order valence-corrected chi connectivity index (χ1v) is 12.2. The largest absolute Gasteiger partial charge is 0.382 e. The minimum Gasteiger partial charge on any atom is -0.382 e. The van der Waals surface area contributed by atoms with Crippen LogP contribution in [0.25, 0.3) is 0 Å². The number of piperidine rings is 1. The Balaban J connectivity index is 1.68. The van der Waals surface area contributed by atoms with Crippen molar-refractivity contribution in [1.29, 1.82) is 0 Å². The summed E-state index contributed by atoms with van der Waals surface area (Å²) in [6.45, 7) is 4.40. The molecule has 1 saturated heterocycles. The number of aromatic nitrogens is 2. The lowest BCUT2D eigenvalue weighted by Gasteiger charge is -2.42. The summed E-state index contributed by atoms with van der Waals surface area (Å²) in [7, 11) is 0. The van der Waals surface area contributed by atoms with Crippen LogP contribution in [0.2, 0.25) is 5.15 Å². The van der Waals surface area contributed by atoms with Crippen molar-refractivity contribution in [2.75, 3.05) is 37.6 Å². The van der Waals surface area contributed by atoms with Crippen LogP contribution in [0.5, 0.6) is 0 Å². The number of anilines is 2. The van der Waals surface area contributed by atoms with E-state index in [0.29, 0.717) is 26.2 Å². The quantitative estimate of drug-likeness (QED) is 0.262. The van der Waals surface area contributed by atoms with Crippen molar-refractivity contribution < 1.29 is 9.59 Å². The van der Waals surface area contributed by atoms with Gasteiger partial charge in [-0.3, -0.25) is 4.79 Å². The summed E-state index contributed by atoms with van der Waals surface area (Å²) < 4.78 is 0. The van der Waals surface area contributed by atoms with Crippen molar-refractivity contribution >= 4 is 41.1 Å². The summed E-state index contributed by atoms with van der Waals surface area (Å²) in [5.41, 5.74) is 18.1. The average molecular weight is 514 g/mol. The molecule has 11 nitrogen and oxygen atoms in total. The molecule has 1 aromatic heterocycles. The fourth-order valence-corrected chi connectivity index (χ4v) is 4.19. The Bertz CT molecular complexity index is 1090. The van der Waals surface area contributed by atoms with Gasteiger partial charge in [0.1, 0.15) is 0 Å². The predicted molar refractivity (Wildman–Crippen MR) is 139 cm³/mol. The highest BCUT2D eigenvalue weighted by molar-refractivity contribution is 6.31. The fraction of sp³-hybridized carbons (Fsp3) is 0.458. The minimum absolute atomic E-state index is 0.0425. The third-order valence-corrected chi connectivity index (χ3v) is 6.56. The number of nitrogens with two attached hydrogens (primary N) is 3. The maximum Gasteiger partial charge on any atom is 0.317 e. The molecule has 12 heteroatoms. The second-order valence-electron chi connectivity index (χ2n) is 8.85. The van der Waals surface area contributed by atoms with E-state index in [0.717, 1.165) is 37.7 Å². The summed E-state index contributed by atoms with van der Waals surface area (Å²) in [5, 5.41) is 5.88. The number of nitrogens with one attached hydrogen (secondary N) is 2. The van der Waals surface area contributed by atoms with Gasteiger partial charge in [-0.25, -0.2) is 14.8 Å². The van der Waals surface area contributed by atoms with Gasteiger partial charge in [0, 0.05) is 26.2 Å². The van der Waals surface area contributed by atoms with E-state index in [-0.39, 0.29) is 39.9 Å². The first-order valence-electron chi connectivity index (χ1n) is 11.8. The van der Waals surface area contributed by atoms with Crippen molar-refractivity contribution in [2.45, 2.75) is 39.0 Å². The number of guanidine groups is 1. The summed E-state index contributed by atoms with van der Waals surface area (Å²) in [4.78, 5) is 38.3. The number of nitrogen functional groups attached to an aromatic ring is 2. The number of urea groups is 1. The van der Waals surface area contributed by atoms with Gasteiger partial charge >= 0.3 is 11.9 Å². The van der Waals surface area contributed by atoms with E-state index in [1.807, 2.05) is 30.0 Å². The summed E-state index contributed by atoms with van der Waals surface area (Å²) in [6, 6.07) is 11.6. The van der Waals surface area contributed by atoms with Crippen LogP contribution in [0.15, 0.2) is 23.2 Å². The molecule has 2 heterocycles. The zero-order valence-corrected chi connectivity index (χ0v) is 21.1. The lowest BCUT2D eigenvalue weighted by Crippen LogP contribution is -2.51. The number of amides is 3. The molecule has 1 fully saturated rings. The molecule has 2 aromatic rings. The molecule has 0 unspecified atom stereocenters. The van der Waals surface area contributed by atoms with Crippen LogP contribution < -0.4 is 27.8 Å². The molecule has 3 rings (SSSR count). The van der Waals surface area contributed by atoms with Crippen molar-refractivity contribution in [2.24, 2.45) is 16.1 Å². The first kappa shape index (κ1) is 26.8. The molecule has 0 atom stereocenters. The van der Waals surface area contributed by atoms with E-state index < -0.39 is 5.91 Å². The molecule has 0 radical (unpaired) electrons. The monoisotopic (exact) mass is 513 g/mol. The second kappa shape index (κ2) is 12.3. The standard InChI is InChI=1S/C24H32ClN9O2/c1-2-12-29-23(36)34-13-10-24(11-14-34,9-8-16-6-4-3-5-7-16)15-30-22(28)33-21(35)17-19(26)32-20(27)18(25)31-17/h4,6-7H,2,8-15H2,1H3,(H,29,36)(H4,26,27,32)(H3,28,30,33,35). The zero-order valence-electron chi connectivity index (χ0n) is 20.3. The Kier molecular flexibility index (Phi) is 9.13. The summed E-state index contributed by atoms with van der Waals surface area (Å²) in [6.07, 6.45) is 4.12. The van der Waals surface area contributed by atoms with Crippen molar-refractivity contribution in [3.63, 3.8) is 0 Å². The molecule has 0 bridgehead atoms. The lowest BCUT2D eigenvalue weighted by molar-refractivity contribution is 0.0995. The van der Waals surface area contributed by atoms with E-state index in [1.54, 1.807) is 0 Å². The maximum atomic E-state index is 12.5. The van der Waals surface area contributed by atoms with E-state index in [2.05, 4.69) is 37.7 Å². The van der Waals surface area contributed by atoms with Crippen molar-refractivity contribution in [3.8, 4) is 0 Å². The minimum atomic E-state index is -0.778. The fourth-order valence-electron chi connectivity index (χ4n) is 4.07. The van der Waals surface area contributed by atoms with E-state index in [4.69, 9.17) is 28.8 Å². The molecule has 192 valence electrons. The second-order valence-corrected chi connectivity index (χ2v) is 9.21. The van der Waals surface area contributed by atoms with Gasteiger partial charge in [-0.1, -0.05) is 36.7 Å². The van der Waals surface area contributed by atoms with Crippen LogP contribution in [-0.4, -0.2) is 58.9 Å². The number of halogens is 1. The molecule has 1 aromatic carbocycles. The van der Waals surface area contributed by atoms with Gasteiger partial charge in [0.05, 0.1) is 0 Å². The molecular formula is C24H32ClN9O2. The number of aryl methyl sites for hydroxylation is 1. The molecule has 36 heavy (non-hydrogen) atoms. The predicted octanol–water partition coefficient (Wildman–Crippen LogP) is 1.77. The van der Waals surface area contributed by atoms with Crippen LogP contribution in [0, 0.1) is 17.5 Å². The van der Waals surface area contributed by atoms with Gasteiger partial charge in [-0.05, 0) is 55.2 Å². The van der Waals surface area contributed by atoms with Gasteiger partial charge < -0.3 is 32.7 Å². The maximum absolute atomic E-state index is 12.5. The molecule has 3 amide bonds. The van der Waals surface area contributed by atoms with Gasteiger partial charge in [0.25, 0.3) is 0 Å². The third-order valence-electron chi connectivity index (χ3n) is 6.28. The third kappa shape index (κ3) is 7.11. The van der Waals surface area contributed by atoms with Crippen LogP contribution in [0.3, 0.4) is 0 Å². The molecule has 8 N–H and O–H groups in total. The number of nitrogens with zero attached hydrogens (tertiary/aromatic N) is 4. The van der Waals surface area contributed by atoms with Crippen LogP contribution in [0.4, 0.5) is 16.4 Å². The Hall–Kier alpha value is -3.78. The molecular weight excluding hydrogens is 482 g/mol. The molecule has 1 aliphatic heterocycles. The summed E-state index contributed by atoms with van der Waals surface area (Å²) >= 11 is 5.86. The Labute approximate surface area is 215 Å².